The molecule has 3 heterocycles. The number of likely N-dealkylation sites (N-methyl/N-ethyl adjacent to an activating group) is 1. The molecule has 3 aliphatic rings. The SMILES string of the molecule is Cc1cccnc1N1CCN(C)C2(CCC(=O)N(CC3CC3)CC2)C1. The molecule has 1 amide bonds. The molecule has 2 saturated heterocycles. The van der Waals surface area contributed by atoms with Crippen LogP contribution in [0.1, 0.15) is 37.7 Å². The summed E-state index contributed by atoms with van der Waals surface area (Å²) in [5, 5.41) is 0. The van der Waals surface area contributed by atoms with E-state index in [1.54, 1.807) is 0 Å². The van der Waals surface area contributed by atoms with E-state index in [1.807, 2.05) is 12.3 Å². The Kier molecular flexibility index (Phi) is 4.44. The van der Waals surface area contributed by atoms with Crippen LogP contribution in [0, 0.1) is 12.8 Å². The second-order valence-electron chi connectivity index (χ2n) is 8.24. The molecule has 1 atom stereocenters. The van der Waals surface area contributed by atoms with Crippen LogP contribution in [-0.4, -0.2) is 66.0 Å². The maximum atomic E-state index is 12.6. The van der Waals surface area contributed by atoms with E-state index < -0.39 is 0 Å². The van der Waals surface area contributed by atoms with E-state index in [-0.39, 0.29) is 5.54 Å². The third kappa shape index (κ3) is 3.39. The van der Waals surface area contributed by atoms with Crippen LogP contribution in [0.3, 0.4) is 0 Å². The molecule has 4 rings (SSSR count). The van der Waals surface area contributed by atoms with Crippen LogP contribution < -0.4 is 4.90 Å². The number of anilines is 1. The molecule has 3 fully saturated rings. The van der Waals surface area contributed by atoms with Gasteiger partial charge in [-0.3, -0.25) is 9.69 Å². The summed E-state index contributed by atoms with van der Waals surface area (Å²) >= 11 is 0. The van der Waals surface area contributed by atoms with Crippen LogP contribution in [0.4, 0.5) is 5.82 Å². The Balaban J connectivity index is 1.52. The van der Waals surface area contributed by atoms with Crippen molar-refractivity contribution in [3.63, 3.8) is 0 Å². The zero-order valence-electron chi connectivity index (χ0n) is 15.6. The maximum Gasteiger partial charge on any atom is 0.222 e. The van der Waals surface area contributed by atoms with Crippen molar-refractivity contribution in [1.29, 1.82) is 0 Å². The van der Waals surface area contributed by atoms with E-state index in [4.69, 9.17) is 0 Å². The highest BCUT2D eigenvalue weighted by Crippen LogP contribution is 2.36. The molecule has 0 radical (unpaired) electrons. The summed E-state index contributed by atoms with van der Waals surface area (Å²) in [6, 6.07) is 4.14. The van der Waals surface area contributed by atoms with Gasteiger partial charge in [-0.25, -0.2) is 4.98 Å². The van der Waals surface area contributed by atoms with Crippen LogP contribution in [0.15, 0.2) is 18.3 Å². The average molecular weight is 342 g/mol. The van der Waals surface area contributed by atoms with E-state index in [0.29, 0.717) is 12.3 Å². The lowest BCUT2D eigenvalue weighted by Gasteiger charge is -2.50. The predicted molar refractivity (Wildman–Crippen MR) is 99.7 cm³/mol. The fourth-order valence-electron chi connectivity index (χ4n) is 4.49. The molecule has 1 aromatic heterocycles. The highest BCUT2D eigenvalue weighted by Gasteiger charge is 2.43. The minimum Gasteiger partial charge on any atom is -0.353 e. The second-order valence-corrected chi connectivity index (χ2v) is 8.24. The van der Waals surface area contributed by atoms with E-state index in [9.17, 15) is 4.79 Å². The number of pyridine rings is 1. The third-order valence-electron chi connectivity index (χ3n) is 6.46. The summed E-state index contributed by atoms with van der Waals surface area (Å²) in [5.41, 5.74) is 1.33. The van der Waals surface area contributed by atoms with Crippen molar-refractivity contribution in [2.75, 3.05) is 44.7 Å². The Morgan fingerprint density at radius 3 is 2.84 bits per heavy atom. The van der Waals surface area contributed by atoms with Crippen molar-refractivity contribution in [2.45, 2.75) is 44.6 Å². The molecule has 2 aliphatic heterocycles. The quantitative estimate of drug-likeness (QED) is 0.845. The molecule has 136 valence electrons. The van der Waals surface area contributed by atoms with E-state index >= 15 is 0 Å². The van der Waals surface area contributed by atoms with Crippen molar-refractivity contribution < 1.29 is 4.79 Å². The first-order chi connectivity index (χ1) is 12.1. The van der Waals surface area contributed by atoms with Gasteiger partial charge in [0.15, 0.2) is 0 Å². The van der Waals surface area contributed by atoms with Gasteiger partial charge in [0.1, 0.15) is 5.82 Å². The first kappa shape index (κ1) is 16.8. The molecule has 5 heteroatoms. The highest BCUT2D eigenvalue weighted by atomic mass is 16.2. The van der Waals surface area contributed by atoms with Crippen molar-refractivity contribution in [3.8, 4) is 0 Å². The van der Waals surface area contributed by atoms with Crippen LogP contribution >= 0.6 is 0 Å². The molecular formula is C20H30N4O. The number of aromatic nitrogens is 1. The minimum atomic E-state index is 0.0934. The highest BCUT2D eigenvalue weighted by molar-refractivity contribution is 5.76. The molecule has 1 aliphatic carbocycles. The van der Waals surface area contributed by atoms with Gasteiger partial charge >= 0.3 is 0 Å². The summed E-state index contributed by atoms with van der Waals surface area (Å²) in [4.78, 5) is 24.3. The molecule has 25 heavy (non-hydrogen) atoms. The van der Waals surface area contributed by atoms with Crippen LogP contribution in [0.2, 0.25) is 0 Å². The normalized spacial score (nSPS) is 28.5. The van der Waals surface area contributed by atoms with Gasteiger partial charge in [-0.15, -0.1) is 0 Å². The van der Waals surface area contributed by atoms with Gasteiger partial charge in [0, 0.05) is 50.9 Å². The number of amides is 1. The van der Waals surface area contributed by atoms with Gasteiger partial charge in [-0.05, 0) is 57.2 Å². The molecule has 5 nitrogen and oxygen atoms in total. The molecular weight excluding hydrogens is 312 g/mol. The minimum absolute atomic E-state index is 0.0934. The maximum absolute atomic E-state index is 12.6. The Bertz CT molecular complexity index is 644. The van der Waals surface area contributed by atoms with Gasteiger partial charge in [-0.1, -0.05) is 6.07 Å². The molecule has 1 unspecified atom stereocenters. The number of nitrogens with zero attached hydrogens (tertiary/aromatic N) is 4. The van der Waals surface area contributed by atoms with Crippen molar-refractivity contribution in [1.82, 2.24) is 14.8 Å². The Morgan fingerprint density at radius 2 is 2.08 bits per heavy atom. The number of aryl methyl sites for hydroxylation is 1. The van der Waals surface area contributed by atoms with Crippen molar-refractivity contribution >= 4 is 11.7 Å². The van der Waals surface area contributed by atoms with Crippen molar-refractivity contribution in [3.05, 3.63) is 23.9 Å². The van der Waals surface area contributed by atoms with E-state index in [2.05, 4.69) is 39.7 Å². The summed E-state index contributed by atoms with van der Waals surface area (Å²) in [6.45, 7) is 7.06. The first-order valence-electron chi connectivity index (χ1n) is 9.73. The Morgan fingerprint density at radius 1 is 1.24 bits per heavy atom. The number of piperazine rings is 1. The monoisotopic (exact) mass is 342 g/mol. The molecule has 1 spiro atoms. The van der Waals surface area contributed by atoms with Gasteiger partial charge in [-0.2, -0.15) is 0 Å². The summed E-state index contributed by atoms with van der Waals surface area (Å²) in [7, 11) is 2.24. The molecule has 0 bridgehead atoms. The van der Waals surface area contributed by atoms with E-state index in [0.717, 1.165) is 57.3 Å². The lowest BCUT2D eigenvalue weighted by atomic mass is 9.86. The van der Waals surface area contributed by atoms with Crippen LogP contribution in [0.5, 0.6) is 0 Å². The zero-order chi connectivity index (χ0) is 17.4. The summed E-state index contributed by atoms with van der Waals surface area (Å²) < 4.78 is 0. The fraction of sp³-hybridized carbons (Fsp3) is 0.700. The molecule has 1 aromatic rings. The third-order valence-corrected chi connectivity index (χ3v) is 6.46. The van der Waals surface area contributed by atoms with Crippen LogP contribution in [-0.2, 0) is 4.79 Å². The summed E-state index contributed by atoms with van der Waals surface area (Å²) in [5.74, 6) is 2.25. The lowest BCUT2D eigenvalue weighted by molar-refractivity contribution is -0.130. The topological polar surface area (TPSA) is 39.7 Å². The Labute approximate surface area is 151 Å². The predicted octanol–water partition coefficient (Wildman–Crippen LogP) is 2.30. The van der Waals surface area contributed by atoms with E-state index in [1.165, 1.54) is 18.4 Å². The number of likely N-dealkylation sites (tertiary alicyclic amines) is 1. The standard InChI is InChI=1S/C20H30N4O/c1-16-4-3-10-21-19(16)24-13-12-22(2)20(15-24)8-7-18(25)23(11-9-20)14-17-5-6-17/h3-4,10,17H,5-9,11-15H2,1-2H3. The number of carbonyl (C=O) groups excluding carboxylic acids is 1. The van der Waals surface area contributed by atoms with Gasteiger partial charge in [0.05, 0.1) is 0 Å². The number of rotatable bonds is 3. The number of hydrogen-bond donors (Lipinski definition) is 0. The lowest BCUT2D eigenvalue weighted by Crippen LogP contribution is -2.61. The second kappa shape index (κ2) is 6.60. The van der Waals surface area contributed by atoms with Crippen LogP contribution in [0.25, 0.3) is 0 Å². The van der Waals surface area contributed by atoms with Gasteiger partial charge in [0.2, 0.25) is 5.91 Å². The zero-order valence-corrected chi connectivity index (χ0v) is 15.6. The Hall–Kier alpha value is -1.62. The largest absolute Gasteiger partial charge is 0.353 e. The molecule has 0 aromatic carbocycles. The average Bonchev–Trinajstić information content (AvgIpc) is 3.44. The smallest absolute Gasteiger partial charge is 0.222 e. The van der Waals surface area contributed by atoms with Crippen molar-refractivity contribution in [2.24, 2.45) is 5.92 Å². The first-order valence-corrected chi connectivity index (χ1v) is 9.73. The number of carbonyl (C=O) groups is 1. The summed E-state index contributed by atoms with van der Waals surface area (Å²) in [6.07, 6.45) is 7.23. The van der Waals surface area contributed by atoms with Gasteiger partial charge < -0.3 is 9.80 Å². The fourth-order valence-corrected chi connectivity index (χ4v) is 4.49. The molecule has 0 N–H and O–H groups in total. The van der Waals surface area contributed by atoms with Gasteiger partial charge in [0.25, 0.3) is 0 Å². The number of hydrogen-bond acceptors (Lipinski definition) is 4. The molecule has 1 saturated carbocycles.